The highest BCUT2D eigenvalue weighted by Gasteiger charge is 2.33. The molecular formula is C16H28N4. The lowest BCUT2D eigenvalue weighted by molar-refractivity contribution is 0.263. The van der Waals surface area contributed by atoms with Crippen molar-refractivity contribution in [2.24, 2.45) is 11.3 Å². The number of hydrogen-bond acceptors (Lipinski definition) is 4. The van der Waals surface area contributed by atoms with Crippen LogP contribution in [0.3, 0.4) is 0 Å². The summed E-state index contributed by atoms with van der Waals surface area (Å²) in [4.78, 5) is 11.4. The van der Waals surface area contributed by atoms with Gasteiger partial charge < -0.3 is 10.2 Å². The maximum absolute atomic E-state index is 4.58. The highest BCUT2D eigenvalue weighted by Crippen LogP contribution is 2.38. The number of aromatic nitrogens is 2. The summed E-state index contributed by atoms with van der Waals surface area (Å²) >= 11 is 0. The van der Waals surface area contributed by atoms with Crippen LogP contribution in [0.15, 0.2) is 6.33 Å². The topological polar surface area (TPSA) is 41.1 Å². The van der Waals surface area contributed by atoms with E-state index in [9.17, 15) is 0 Å². The molecule has 4 heteroatoms. The van der Waals surface area contributed by atoms with Crippen LogP contribution in [0.2, 0.25) is 0 Å². The van der Waals surface area contributed by atoms with E-state index >= 15 is 0 Å². The second-order valence-electron chi connectivity index (χ2n) is 7.16. The first-order chi connectivity index (χ1) is 9.34. The number of anilines is 2. The molecule has 20 heavy (non-hydrogen) atoms. The van der Waals surface area contributed by atoms with Gasteiger partial charge in [-0.15, -0.1) is 0 Å². The SMILES string of the molecule is CNc1ncnc(N2CCC(C(C)(C)C)C2)c1C(C)C. The fraction of sp³-hybridized carbons (Fsp3) is 0.750. The molecule has 1 saturated heterocycles. The van der Waals surface area contributed by atoms with Crippen LogP contribution in [0, 0.1) is 11.3 Å². The Kier molecular flexibility index (Phi) is 4.21. The van der Waals surface area contributed by atoms with Gasteiger partial charge in [0.05, 0.1) is 0 Å². The molecular weight excluding hydrogens is 248 g/mol. The van der Waals surface area contributed by atoms with Crippen molar-refractivity contribution in [3.63, 3.8) is 0 Å². The zero-order chi connectivity index (χ0) is 14.9. The molecule has 1 atom stereocenters. The van der Waals surface area contributed by atoms with Crippen molar-refractivity contribution in [1.29, 1.82) is 0 Å². The second kappa shape index (κ2) is 5.58. The Morgan fingerprint density at radius 1 is 1.30 bits per heavy atom. The van der Waals surface area contributed by atoms with Crippen LogP contribution in [-0.2, 0) is 0 Å². The number of rotatable bonds is 3. The first kappa shape index (κ1) is 15.1. The summed E-state index contributed by atoms with van der Waals surface area (Å²) in [5, 5.41) is 3.20. The van der Waals surface area contributed by atoms with Crippen LogP contribution in [0.1, 0.15) is 52.5 Å². The van der Waals surface area contributed by atoms with E-state index in [-0.39, 0.29) is 0 Å². The maximum Gasteiger partial charge on any atom is 0.137 e. The molecule has 1 aliphatic heterocycles. The molecule has 1 aromatic rings. The quantitative estimate of drug-likeness (QED) is 0.917. The average Bonchev–Trinajstić information content (AvgIpc) is 2.86. The fourth-order valence-corrected chi connectivity index (χ4v) is 3.03. The van der Waals surface area contributed by atoms with Crippen molar-refractivity contribution in [1.82, 2.24) is 9.97 Å². The number of nitrogens with one attached hydrogen (secondary N) is 1. The van der Waals surface area contributed by atoms with Gasteiger partial charge in [-0.25, -0.2) is 9.97 Å². The Balaban J connectivity index is 2.30. The van der Waals surface area contributed by atoms with Crippen molar-refractivity contribution in [3.8, 4) is 0 Å². The Morgan fingerprint density at radius 3 is 2.50 bits per heavy atom. The summed E-state index contributed by atoms with van der Waals surface area (Å²) in [5.74, 6) is 3.23. The molecule has 0 aromatic carbocycles. The number of hydrogen-bond donors (Lipinski definition) is 1. The fourth-order valence-electron chi connectivity index (χ4n) is 3.03. The Bertz CT molecular complexity index is 462. The molecule has 112 valence electrons. The summed E-state index contributed by atoms with van der Waals surface area (Å²) in [5.41, 5.74) is 1.61. The van der Waals surface area contributed by atoms with Crippen LogP contribution in [-0.4, -0.2) is 30.1 Å². The summed E-state index contributed by atoms with van der Waals surface area (Å²) in [6.45, 7) is 13.6. The van der Waals surface area contributed by atoms with Gasteiger partial charge in [0, 0.05) is 25.7 Å². The minimum Gasteiger partial charge on any atom is -0.373 e. The molecule has 1 aromatic heterocycles. The van der Waals surface area contributed by atoms with E-state index in [0.29, 0.717) is 11.3 Å². The van der Waals surface area contributed by atoms with E-state index in [4.69, 9.17) is 0 Å². The third kappa shape index (κ3) is 2.89. The lowest BCUT2D eigenvalue weighted by atomic mass is 9.80. The second-order valence-corrected chi connectivity index (χ2v) is 7.16. The third-order valence-electron chi connectivity index (χ3n) is 4.39. The van der Waals surface area contributed by atoms with Crippen LogP contribution >= 0.6 is 0 Å². The van der Waals surface area contributed by atoms with Gasteiger partial charge in [0.15, 0.2) is 0 Å². The molecule has 0 saturated carbocycles. The molecule has 4 nitrogen and oxygen atoms in total. The van der Waals surface area contributed by atoms with Gasteiger partial charge in [-0.1, -0.05) is 34.6 Å². The lowest BCUT2D eigenvalue weighted by Gasteiger charge is -2.28. The van der Waals surface area contributed by atoms with Gasteiger partial charge in [0.1, 0.15) is 18.0 Å². The van der Waals surface area contributed by atoms with Gasteiger partial charge in [-0.3, -0.25) is 0 Å². The third-order valence-corrected chi connectivity index (χ3v) is 4.39. The predicted molar refractivity (Wildman–Crippen MR) is 85.4 cm³/mol. The molecule has 1 aliphatic rings. The maximum atomic E-state index is 4.58. The molecule has 2 heterocycles. The van der Waals surface area contributed by atoms with Crippen LogP contribution in [0.5, 0.6) is 0 Å². The minimum atomic E-state index is 0.367. The molecule has 0 amide bonds. The first-order valence-electron chi connectivity index (χ1n) is 7.62. The largest absolute Gasteiger partial charge is 0.373 e. The Labute approximate surface area is 123 Å². The van der Waals surface area contributed by atoms with Crippen LogP contribution in [0.25, 0.3) is 0 Å². The standard InChI is InChI=1S/C16H28N4/c1-11(2)13-14(17-6)18-10-19-15(13)20-8-7-12(9-20)16(3,4)5/h10-12H,7-9H2,1-6H3,(H,17,18,19). The predicted octanol–water partition coefficient (Wildman–Crippen LogP) is 3.51. The van der Waals surface area contributed by atoms with Crippen molar-refractivity contribution in [3.05, 3.63) is 11.9 Å². The van der Waals surface area contributed by atoms with E-state index in [2.05, 4.69) is 54.8 Å². The molecule has 1 N–H and O–H groups in total. The molecule has 1 fully saturated rings. The lowest BCUT2D eigenvalue weighted by Crippen LogP contribution is -2.27. The van der Waals surface area contributed by atoms with Gasteiger partial charge in [0.2, 0.25) is 0 Å². The van der Waals surface area contributed by atoms with Gasteiger partial charge in [-0.05, 0) is 23.7 Å². The van der Waals surface area contributed by atoms with E-state index in [1.807, 2.05) is 7.05 Å². The van der Waals surface area contributed by atoms with E-state index in [1.165, 1.54) is 12.0 Å². The smallest absolute Gasteiger partial charge is 0.137 e. The van der Waals surface area contributed by atoms with Crippen LogP contribution < -0.4 is 10.2 Å². The van der Waals surface area contributed by atoms with Crippen LogP contribution in [0.4, 0.5) is 11.6 Å². The normalized spacial score (nSPS) is 19.8. The van der Waals surface area contributed by atoms with Gasteiger partial charge >= 0.3 is 0 Å². The highest BCUT2D eigenvalue weighted by molar-refractivity contribution is 5.60. The van der Waals surface area contributed by atoms with E-state index < -0.39 is 0 Å². The summed E-state index contributed by atoms with van der Waals surface area (Å²) in [6, 6.07) is 0. The Morgan fingerprint density at radius 2 is 2.00 bits per heavy atom. The Hall–Kier alpha value is -1.32. The molecule has 0 radical (unpaired) electrons. The summed E-state index contributed by atoms with van der Waals surface area (Å²) in [6.07, 6.45) is 2.93. The average molecular weight is 276 g/mol. The van der Waals surface area contributed by atoms with Crippen molar-refractivity contribution >= 4 is 11.6 Å². The van der Waals surface area contributed by atoms with Gasteiger partial charge in [-0.2, -0.15) is 0 Å². The van der Waals surface area contributed by atoms with E-state index in [0.717, 1.165) is 30.6 Å². The van der Waals surface area contributed by atoms with E-state index in [1.54, 1.807) is 6.33 Å². The minimum absolute atomic E-state index is 0.367. The zero-order valence-electron chi connectivity index (χ0n) is 13.7. The van der Waals surface area contributed by atoms with Gasteiger partial charge in [0.25, 0.3) is 0 Å². The molecule has 0 aliphatic carbocycles. The van der Waals surface area contributed by atoms with Crippen molar-refractivity contribution in [2.45, 2.75) is 47.0 Å². The summed E-state index contributed by atoms with van der Waals surface area (Å²) < 4.78 is 0. The molecule has 0 bridgehead atoms. The monoisotopic (exact) mass is 276 g/mol. The zero-order valence-corrected chi connectivity index (χ0v) is 13.7. The summed E-state index contributed by atoms with van der Waals surface area (Å²) in [7, 11) is 1.93. The van der Waals surface area contributed by atoms with Crippen molar-refractivity contribution < 1.29 is 0 Å². The molecule has 1 unspecified atom stereocenters. The molecule has 0 spiro atoms. The molecule has 2 rings (SSSR count). The highest BCUT2D eigenvalue weighted by atomic mass is 15.2. The van der Waals surface area contributed by atoms with Crippen molar-refractivity contribution in [2.75, 3.05) is 30.4 Å². The number of nitrogens with zero attached hydrogens (tertiary/aromatic N) is 3. The first-order valence-corrected chi connectivity index (χ1v) is 7.62.